The number of carbonyl (C=O) groups excluding carboxylic acids is 2. The number of urea groups is 1. The maximum absolute atomic E-state index is 11.8. The Hall–Kier alpha value is -1.88. The molecule has 1 aromatic carbocycles. The molecular weight excluding hydrogens is 254 g/mol. The number of aryl methyl sites for hydroxylation is 1. The first-order valence-corrected chi connectivity index (χ1v) is 6.86. The minimum Gasteiger partial charge on any atom is -0.338 e. The molecule has 110 valence electrons. The molecule has 0 radical (unpaired) electrons. The topological polar surface area (TPSA) is 70.2 Å². The second-order valence-electron chi connectivity index (χ2n) is 4.82. The summed E-state index contributed by atoms with van der Waals surface area (Å²) in [5, 5.41) is 8.02. The van der Waals surface area contributed by atoms with Crippen molar-refractivity contribution in [2.24, 2.45) is 0 Å². The number of hydrogen-bond acceptors (Lipinski definition) is 3. The van der Waals surface area contributed by atoms with E-state index in [2.05, 4.69) is 16.0 Å². The maximum atomic E-state index is 11.8. The molecule has 0 heterocycles. The third kappa shape index (κ3) is 4.66. The van der Waals surface area contributed by atoms with Crippen LogP contribution in [-0.2, 0) is 4.79 Å². The van der Waals surface area contributed by atoms with Crippen LogP contribution in [0, 0.1) is 6.92 Å². The highest BCUT2D eigenvalue weighted by Crippen LogP contribution is 2.17. The van der Waals surface area contributed by atoms with Gasteiger partial charge in [0.05, 0.1) is 6.04 Å². The first-order valence-electron chi connectivity index (χ1n) is 6.86. The Morgan fingerprint density at radius 2 is 1.85 bits per heavy atom. The molecule has 5 heteroatoms. The monoisotopic (exact) mass is 277 g/mol. The summed E-state index contributed by atoms with van der Waals surface area (Å²) in [4.78, 5) is 23.1. The molecule has 1 rings (SSSR count). The minimum absolute atomic E-state index is 0.0335. The molecule has 20 heavy (non-hydrogen) atoms. The van der Waals surface area contributed by atoms with Crippen LogP contribution >= 0.6 is 0 Å². The fraction of sp³-hybridized carbons (Fsp3) is 0.467. The summed E-state index contributed by atoms with van der Waals surface area (Å²) in [7, 11) is 0. The van der Waals surface area contributed by atoms with Crippen LogP contribution in [0.2, 0.25) is 0 Å². The van der Waals surface area contributed by atoms with E-state index >= 15 is 0 Å². The van der Waals surface area contributed by atoms with E-state index in [1.807, 2.05) is 38.1 Å². The molecule has 0 bridgehead atoms. The van der Waals surface area contributed by atoms with Crippen LogP contribution in [0.3, 0.4) is 0 Å². The highest BCUT2D eigenvalue weighted by atomic mass is 16.2. The number of nitrogens with one attached hydrogen (secondary N) is 3. The molecular formula is C15H23N3O2. The van der Waals surface area contributed by atoms with Crippen molar-refractivity contribution in [3.63, 3.8) is 0 Å². The lowest BCUT2D eigenvalue weighted by atomic mass is 10.0. The van der Waals surface area contributed by atoms with Gasteiger partial charge in [-0.1, -0.05) is 24.3 Å². The summed E-state index contributed by atoms with van der Waals surface area (Å²) in [6.45, 7) is 8.06. The van der Waals surface area contributed by atoms with Crippen molar-refractivity contribution in [3.8, 4) is 0 Å². The van der Waals surface area contributed by atoms with Crippen molar-refractivity contribution in [2.75, 3.05) is 6.54 Å². The van der Waals surface area contributed by atoms with E-state index in [0.29, 0.717) is 6.54 Å². The molecule has 1 aromatic rings. The predicted octanol–water partition coefficient (Wildman–Crippen LogP) is 1.88. The molecule has 0 aromatic heterocycles. The molecule has 0 fully saturated rings. The van der Waals surface area contributed by atoms with E-state index in [0.717, 1.165) is 5.56 Å². The van der Waals surface area contributed by atoms with Crippen LogP contribution in [0.25, 0.3) is 0 Å². The quantitative estimate of drug-likeness (QED) is 0.769. The third-order valence-electron chi connectivity index (χ3n) is 3.12. The smallest absolute Gasteiger partial charge is 0.321 e. The van der Waals surface area contributed by atoms with Gasteiger partial charge in [0.25, 0.3) is 0 Å². The zero-order valence-electron chi connectivity index (χ0n) is 12.5. The Morgan fingerprint density at radius 1 is 1.20 bits per heavy atom. The van der Waals surface area contributed by atoms with Crippen molar-refractivity contribution in [2.45, 2.75) is 39.8 Å². The Morgan fingerprint density at radius 3 is 2.45 bits per heavy atom. The van der Waals surface area contributed by atoms with Gasteiger partial charge in [-0.2, -0.15) is 0 Å². The van der Waals surface area contributed by atoms with E-state index in [1.54, 1.807) is 13.8 Å². The second-order valence-corrected chi connectivity index (χ2v) is 4.82. The van der Waals surface area contributed by atoms with Gasteiger partial charge in [-0.15, -0.1) is 0 Å². The standard InChI is InChI=1S/C15H23N3O2/c1-5-16-15(20)18-14(19)12(4)17-11(3)13-9-7-6-8-10(13)2/h6-9,11-12,17H,5H2,1-4H3,(H2,16,18,19,20)/t11-,12+/m0/s1. The van der Waals surface area contributed by atoms with Gasteiger partial charge < -0.3 is 5.32 Å². The number of hydrogen-bond donors (Lipinski definition) is 3. The highest BCUT2D eigenvalue weighted by molar-refractivity contribution is 5.96. The lowest BCUT2D eigenvalue weighted by Crippen LogP contribution is -2.48. The number of amides is 3. The van der Waals surface area contributed by atoms with Crippen LogP contribution in [-0.4, -0.2) is 24.5 Å². The van der Waals surface area contributed by atoms with E-state index in [4.69, 9.17) is 0 Å². The maximum Gasteiger partial charge on any atom is 0.321 e. The largest absolute Gasteiger partial charge is 0.338 e. The van der Waals surface area contributed by atoms with Crippen molar-refractivity contribution < 1.29 is 9.59 Å². The third-order valence-corrected chi connectivity index (χ3v) is 3.12. The molecule has 0 aliphatic heterocycles. The minimum atomic E-state index is -0.463. The Kier molecular flexibility index (Phi) is 6.18. The van der Waals surface area contributed by atoms with Crippen molar-refractivity contribution in [3.05, 3.63) is 35.4 Å². The van der Waals surface area contributed by atoms with Gasteiger partial charge in [-0.3, -0.25) is 15.4 Å². The molecule has 3 N–H and O–H groups in total. The fourth-order valence-electron chi connectivity index (χ4n) is 2.04. The van der Waals surface area contributed by atoms with Gasteiger partial charge in [0.15, 0.2) is 0 Å². The molecule has 2 atom stereocenters. The van der Waals surface area contributed by atoms with Crippen LogP contribution < -0.4 is 16.0 Å². The Balaban J connectivity index is 2.57. The van der Waals surface area contributed by atoms with Gasteiger partial charge >= 0.3 is 6.03 Å². The Labute approximate surface area is 120 Å². The Bertz CT molecular complexity index is 474. The average Bonchev–Trinajstić information content (AvgIpc) is 2.39. The SMILES string of the molecule is CCNC(=O)NC(=O)[C@@H](C)N[C@@H](C)c1ccccc1C. The van der Waals surface area contributed by atoms with E-state index < -0.39 is 12.1 Å². The number of benzene rings is 1. The van der Waals surface area contributed by atoms with Crippen molar-refractivity contribution in [1.82, 2.24) is 16.0 Å². The second kappa shape index (κ2) is 7.65. The number of rotatable bonds is 5. The van der Waals surface area contributed by atoms with Crippen LogP contribution in [0.4, 0.5) is 4.79 Å². The molecule has 0 aliphatic carbocycles. The van der Waals surface area contributed by atoms with Crippen LogP contribution in [0.5, 0.6) is 0 Å². The van der Waals surface area contributed by atoms with E-state index in [-0.39, 0.29) is 11.9 Å². The molecule has 3 amide bonds. The van der Waals surface area contributed by atoms with Gasteiger partial charge in [-0.25, -0.2) is 4.79 Å². The molecule has 0 unspecified atom stereocenters. The van der Waals surface area contributed by atoms with Gasteiger partial charge in [0, 0.05) is 12.6 Å². The van der Waals surface area contributed by atoms with Crippen molar-refractivity contribution in [1.29, 1.82) is 0 Å². The zero-order chi connectivity index (χ0) is 15.1. The highest BCUT2D eigenvalue weighted by Gasteiger charge is 2.18. The average molecular weight is 277 g/mol. The normalized spacial score (nSPS) is 13.4. The lowest BCUT2D eigenvalue weighted by Gasteiger charge is -2.21. The van der Waals surface area contributed by atoms with Crippen molar-refractivity contribution >= 4 is 11.9 Å². The summed E-state index contributed by atoms with van der Waals surface area (Å²) >= 11 is 0. The molecule has 5 nitrogen and oxygen atoms in total. The lowest BCUT2D eigenvalue weighted by molar-refractivity contribution is -0.121. The predicted molar refractivity (Wildman–Crippen MR) is 79.4 cm³/mol. The molecule has 0 spiro atoms. The summed E-state index contributed by atoms with van der Waals surface area (Å²) in [6.07, 6.45) is 0. The molecule has 0 aliphatic rings. The summed E-state index contributed by atoms with van der Waals surface area (Å²) in [6, 6.07) is 7.14. The zero-order valence-corrected chi connectivity index (χ0v) is 12.5. The van der Waals surface area contributed by atoms with Crippen LogP contribution in [0.1, 0.15) is 37.9 Å². The summed E-state index contributed by atoms with van der Waals surface area (Å²) in [5.41, 5.74) is 2.31. The van der Waals surface area contributed by atoms with Gasteiger partial charge in [0.2, 0.25) is 5.91 Å². The molecule has 0 saturated carbocycles. The number of carbonyl (C=O) groups is 2. The molecule has 0 saturated heterocycles. The van der Waals surface area contributed by atoms with Crippen LogP contribution in [0.15, 0.2) is 24.3 Å². The fourth-order valence-corrected chi connectivity index (χ4v) is 2.04. The number of imide groups is 1. The summed E-state index contributed by atoms with van der Waals surface area (Å²) in [5.74, 6) is -0.337. The summed E-state index contributed by atoms with van der Waals surface area (Å²) < 4.78 is 0. The first kappa shape index (κ1) is 16.2. The van der Waals surface area contributed by atoms with Gasteiger partial charge in [-0.05, 0) is 38.8 Å². The van der Waals surface area contributed by atoms with E-state index in [1.165, 1.54) is 5.56 Å². The first-order chi connectivity index (χ1) is 9.45. The van der Waals surface area contributed by atoms with E-state index in [9.17, 15) is 9.59 Å². The van der Waals surface area contributed by atoms with Gasteiger partial charge in [0.1, 0.15) is 0 Å².